The summed E-state index contributed by atoms with van der Waals surface area (Å²) in [5.74, 6) is 0.813. The van der Waals surface area contributed by atoms with Gasteiger partial charge in [0.05, 0.1) is 4.47 Å². The Morgan fingerprint density at radius 2 is 2.05 bits per heavy atom. The van der Waals surface area contributed by atoms with E-state index in [9.17, 15) is 9.59 Å². The summed E-state index contributed by atoms with van der Waals surface area (Å²) < 4.78 is 0.403. The highest BCUT2D eigenvalue weighted by Gasteiger charge is 2.33. The molecule has 2 rings (SSSR count). The van der Waals surface area contributed by atoms with Crippen LogP contribution >= 0.6 is 50.9 Å². The molecule has 0 bridgehead atoms. The molecule has 1 aliphatic heterocycles. The smallest absolute Gasteiger partial charge is 0.235 e. The molecule has 1 fully saturated rings. The summed E-state index contributed by atoms with van der Waals surface area (Å²) in [6, 6.07) is 0. The molecule has 1 unspecified atom stereocenters. The van der Waals surface area contributed by atoms with Gasteiger partial charge in [0, 0.05) is 25.6 Å². The van der Waals surface area contributed by atoms with Crippen LogP contribution in [0.3, 0.4) is 0 Å². The molecular formula is C11H10BrCl2N3O2S. The summed E-state index contributed by atoms with van der Waals surface area (Å²) in [4.78, 5) is 32.5. The predicted molar refractivity (Wildman–Crippen MR) is 83.4 cm³/mol. The zero-order valence-corrected chi connectivity index (χ0v) is 14.3. The van der Waals surface area contributed by atoms with E-state index in [0.717, 1.165) is 0 Å². The van der Waals surface area contributed by atoms with Crippen LogP contribution in [0.4, 0.5) is 5.95 Å². The number of nitrogens with zero attached hydrogens (tertiary/aromatic N) is 3. The number of rotatable bonds is 3. The van der Waals surface area contributed by atoms with Crippen molar-refractivity contribution >= 4 is 67.9 Å². The Balaban J connectivity index is 2.14. The molecule has 20 heavy (non-hydrogen) atoms. The number of hydrogen-bond acceptors (Lipinski definition) is 5. The largest absolute Gasteiger partial charge is 0.288 e. The molecule has 0 spiro atoms. The SMILES string of the molecule is CC(=O)SCC1CC(=O)N(c2nc(Cl)c(Br)c(Cl)n2)C1. The zero-order valence-electron chi connectivity index (χ0n) is 10.4. The molecule has 0 aliphatic carbocycles. The molecule has 0 radical (unpaired) electrons. The molecule has 1 aliphatic rings. The topological polar surface area (TPSA) is 63.2 Å². The van der Waals surface area contributed by atoms with Gasteiger partial charge in [0.1, 0.15) is 10.3 Å². The van der Waals surface area contributed by atoms with Gasteiger partial charge in [0.2, 0.25) is 11.9 Å². The quantitative estimate of drug-likeness (QED) is 0.731. The van der Waals surface area contributed by atoms with Crippen LogP contribution in [0.15, 0.2) is 4.47 Å². The highest BCUT2D eigenvalue weighted by atomic mass is 79.9. The van der Waals surface area contributed by atoms with Gasteiger partial charge in [-0.2, -0.15) is 9.97 Å². The Kier molecular flexibility index (Phi) is 5.28. The van der Waals surface area contributed by atoms with Gasteiger partial charge < -0.3 is 0 Å². The van der Waals surface area contributed by atoms with E-state index >= 15 is 0 Å². The highest BCUT2D eigenvalue weighted by molar-refractivity contribution is 9.10. The van der Waals surface area contributed by atoms with Gasteiger partial charge in [-0.15, -0.1) is 0 Å². The molecule has 1 atom stereocenters. The second-order valence-electron chi connectivity index (χ2n) is 4.30. The minimum Gasteiger partial charge on any atom is -0.288 e. The zero-order chi connectivity index (χ0) is 14.9. The van der Waals surface area contributed by atoms with Crippen LogP contribution in [0.2, 0.25) is 10.3 Å². The average molecular weight is 399 g/mol. The normalized spacial score (nSPS) is 18.7. The van der Waals surface area contributed by atoms with Crippen molar-refractivity contribution in [2.45, 2.75) is 13.3 Å². The maximum atomic E-state index is 12.0. The average Bonchev–Trinajstić information content (AvgIpc) is 2.74. The highest BCUT2D eigenvalue weighted by Crippen LogP contribution is 2.31. The van der Waals surface area contributed by atoms with Crippen LogP contribution in [0.25, 0.3) is 0 Å². The second-order valence-corrected chi connectivity index (χ2v) is 7.00. The van der Waals surface area contributed by atoms with Crippen molar-refractivity contribution in [3.8, 4) is 0 Å². The summed E-state index contributed by atoms with van der Waals surface area (Å²) in [5.41, 5.74) is 0. The third-order valence-corrected chi connectivity index (χ3v) is 5.53. The van der Waals surface area contributed by atoms with Crippen LogP contribution in [0.1, 0.15) is 13.3 Å². The van der Waals surface area contributed by atoms with E-state index in [1.165, 1.54) is 23.6 Å². The lowest BCUT2D eigenvalue weighted by atomic mass is 10.1. The van der Waals surface area contributed by atoms with Crippen molar-refractivity contribution in [2.75, 3.05) is 17.2 Å². The van der Waals surface area contributed by atoms with Crippen LogP contribution < -0.4 is 4.90 Å². The molecule has 1 saturated heterocycles. The lowest BCUT2D eigenvalue weighted by molar-refractivity contribution is -0.117. The Bertz CT molecular complexity index is 550. The monoisotopic (exact) mass is 397 g/mol. The molecule has 9 heteroatoms. The lowest BCUT2D eigenvalue weighted by Crippen LogP contribution is -2.27. The minimum absolute atomic E-state index is 0.0434. The molecule has 1 aromatic rings. The van der Waals surface area contributed by atoms with Crippen LogP contribution in [0, 0.1) is 5.92 Å². The fourth-order valence-corrected chi connectivity index (χ4v) is 3.08. The van der Waals surface area contributed by atoms with E-state index in [2.05, 4.69) is 25.9 Å². The van der Waals surface area contributed by atoms with Crippen molar-refractivity contribution in [2.24, 2.45) is 5.92 Å². The third-order valence-electron chi connectivity index (χ3n) is 2.73. The van der Waals surface area contributed by atoms with E-state index in [-0.39, 0.29) is 33.2 Å². The van der Waals surface area contributed by atoms with Gasteiger partial charge in [-0.05, 0) is 21.8 Å². The fourth-order valence-electron chi connectivity index (χ4n) is 1.83. The first kappa shape index (κ1) is 16.0. The number of thioether (sulfide) groups is 1. The first-order valence-corrected chi connectivity index (χ1v) is 8.24. The molecule has 1 aromatic heterocycles. The van der Waals surface area contributed by atoms with Crippen LogP contribution in [0.5, 0.6) is 0 Å². The van der Waals surface area contributed by atoms with E-state index < -0.39 is 0 Å². The van der Waals surface area contributed by atoms with Gasteiger partial charge in [0.25, 0.3) is 0 Å². The number of carbonyl (C=O) groups is 2. The first-order chi connectivity index (χ1) is 9.38. The molecule has 2 heterocycles. The lowest BCUT2D eigenvalue weighted by Gasteiger charge is -2.15. The number of halogens is 3. The van der Waals surface area contributed by atoms with Crippen LogP contribution in [-0.4, -0.2) is 33.3 Å². The van der Waals surface area contributed by atoms with E-state index in [4.69, 9.17) is 23.2 Å². The van der Waals surface area contributed by atoms with E-state index in [1.807, 2.05) is 0 Å². The van der Waals surface area contributed by atoms with Crippen molar-refractivity contribution < 1.29 is 9.59 Å². The Morgan fingerprint density at radius 3 is 2.60 bits per heavy atom. The molecule has 108 valence electrons. The number of anilines is 1. The molecular weight excluding hydrogens is 389 g/mol. The summed E-state index contributed by atoms with van der Waals surface area (Å²) in [7, 11) is 0. The van der Waals surface area contributed by atoms with E-state index in [0.29, 0.717) is 23.2 Å². The minimum atomic E-state index is -0.0893. The maximum absolute atomic E-state index is 12.0. The van der Waals surface area contributed by atoms with Crippen molar-refractivity contribution in [3.63, 3.8) is 0 Å². The number of hydrogen-bond donors (Lipinski definition) is 0. The molecule has 0 aromatic carbocycles. The van der Waals surface area contributed by atoms with Gasteiger partial charge in [0.15, 0.2) is 5.12 Å². The fraction of sp³-hybridized carbons (Fsp3) is 0.455. The summed E-state index contributed by atoms with van der Waals surface area (Å²) in [6.45, 7) is 1.98. The summed E-state index contributed by atoms with van der Waals surface area (Å²) in [5, 5.41) is 0.366. The predicted octanol–water partition coefficient (Wildman–Crippen LogP) is 3.18. The van der Waals surface area contributed by atoms with Gasteiger partial charge >= 0.3 is 0 Å². The van der Waals surface area contributed by atoms with Gasteiger partial charge in [-0.25, -0.2) is 0 Å². The van der Waals surface area contributed by atoms with Crippen LogP contribution in [-0.2, 0) is 9.59 Å². The number of aromatic nitrogens is 2. The van der Waals surface area contributed by atoms with Gasteiger partial charge in [-0.1, -0.05) is 35.0 Å². The van der Waals surface area contributed by atoms with Gasteiger partial charge in [-0.3, -0.25) is 14.5 Å². The number of amides is 1. The number of carbonyl (C=O) groups excluding carboxylic acids is 2. The van der Waals surface area contributed by atoms with Crippen molar-refractivity contribution in [1.82, 2.24) is 9.97 Å². The summed E-state index contributed by atoms with van der Waals surface area (Å²) in [6.07, 6.45) is 0.370. The molecule has 0 N–H and O–H groups in total. The van der Waals surface area contributed by atoms with Crippen molar-refractivity contribution in [3.05, 3.63) is 14.8 Å². The first-order valence-electron chi connectivity index (χ1n) is 5.70. The standard InChI is InChI=1S/C11H10BrCl2N3O2S/c1-5(18)20-4-6-2-7(19)17(3-6)11-15-9(13)8(12)10(14)16-11/h6H,2-4H2,1H3. The molecule has 0 saturated carbocycles. The molecule has 1 amide bonds. The van der Waals surface area contributed by atoms with Crippen molar-refractivity contribution in [1.29, 1.82) is 0 Å². The summed E-state index contributed by atoms with van der Waals surface area (Å²) >= 11 is 16.2. The van der Waals surface area contributed by atoms with E-state index in [1.54, 1.807) is 0 Å². The Morgan fingerprint density at radius 1 is 1.45 bits per heavy atom. The maximum Gasteiger partial charge on any atom is 0.235 e. The third kappa shape index (κ3) is 3.63. The molecule has 5 nitrogen and oxygen atoms in total. The second kappa shape index (κ2) is 6.60. The Labute approximate surface area is 138 Å². The Hall–Kier alpha value is -0.370.